The Bertz CT molecular complexity index is 536. The zero-order chi connectivity index (χ0) is 13.7. The van der Waals surface area contributed by atoms with Crippen molar-refractivity contribution in [3.05, 3.63) is 47.3 Å². The molecule has 100 valence electrons. The zero-order valence-electron chi connectivity index (χ0n) is 11.3. The Hall–Kier alpha value is -2.14. The first-order valence-electron chi connectivity index (χ1n) is 6.34. The summed E-state index contributed by atoms with van der Waals surface area (Å²) in [5.74, 6) is 6.82. The highest BCUT2D eigenvalue weighted by Gasteiger charge is 2.05. The number of nitrogen functional groups attached to an aromatic ring is 1. The van der Waals surface area contributed by atoms with Crippen molar-refractivity contribution in [2.24, 2.45) is 5.84 Å². The van der Waals surface area contributed by atoms with Crippen LogP contribution in [0.15, 0.2) is 30.6 Å². The first kappa shape index (κ1) is 13.3. The summed E-state index contributed by atoms with van der Waals surface area (Å²) in [6, 6.07) is 8.56. The van der Waals surface area contributed by atoms with Crippen LogP contribution in [0.2, 0.25) is 0 Å². The number of hydrogen-bond acceptors (Lipinski definition) is 5. The van der Waals surface area contributed by atoms with Crippen LogP contribution in [0.4, 0.5) is 11.6 Å². The lowest BCUT2D eigenvalue weighted by Gasteiger charge is -2.11. The van der Waals surface area contributed by atoms with Crippen LogP contribution in [0.5, 0.6) is 0 Å². The van der Waals surface area contributed by atoms with E-state index in [-0.39, 0.29) is 0 Å². The van der Waals surface area contributed by atoms with Gasteiger partial charge in [-0.1, -0.05) is 31.2 Å². The number of aryl methyl sites for hydroxylation is 1. The number of nitrogens with one attached hydrogen (secondary N) is 2. The minimum Gasteiger partial charge on any atom is -0.366 e. The van der Waals surface area contributed by atoms with E-state index in [9.17, 15) is 0 Å². The van der Waals surface area contributed by atoms with Gasteiger partial charge in [-0.25, -0.2) is 15.8 Å². The van der Waals surface area contributed by atoms with Crippen LogP contribution in [-0.4, -0.2) is 9.97 Å². The number of nitrogens with two attached hydrogens (primary N) is 1. The Balaban J connectivity index is 2.05. The van der Waals surface area contributed by atoms with Gasteiger partial charge in [-0.3, -0.25) is 0 Å². The average Bonchev–Trinajstić information content (AvgIpc) is 2.47. The van der Waals surface area contributed by atoms with Gasteiger partial charge in [0, 0.05) is 12.1 Å². The van der Waals surface area contributed by atoms with Crippen LogP contribution in [0.1, 0.15) is 23.6 Å². The lowest BCUT2D eigenvalue weighted by molar-refractivity contribution is 1.05. The molecule has 1 aromatic carbocycles. The van der Waals surface area contributed by atoms with Gasteiger partial charge in [0.25, 0.3) is 0 Å². The molecule has 0 unspecified atom stereocenters. The Kier molecular flexibility index (Phi) is 4.30. The smallest absolute Gasteiger partial charge is 0.148 e. The van der Waals surface area contributed by atoms with Crippen molar-refractivity contribution in [2.45, 2.75) is 26.8 Å². The summed E-state index contributed by atoms with van der Waals surface area (Å²) in [6.07, 6.45) is 2.55. The molecule has 0 saturated heterocycles. The second-order valence-corrected chi connectivity index (χ2v) is 4.36. The topological polar surface area (TPSA) is 75.9 Å². The van der Waals surface area contributed by atoms with Gasteiger partial charge in [0.2, 0.25) is 0 Å². The van der Waals surface area contributed by atoms with Gasteiger partial charge in [0.05, 0.1) is 0 Å². The summed E-state index contributed by atoms with van der Waals surface area (Å²) in [6.45, 7) is 4.81. The molecule has 1 heterocycles. The second-order valence-electron chi connectivity index (χ2n) is 4.36. The molecule has 0 aliphatic rings. The summed E-state index contributed by atoms with van der Waals surface area (Å²) >= 11 is 0. The van der Waals surface area contributed by atoms with E-state index in [4.69, 9.17) is 5.84 Å². The van der Waals surface area contributed by atoms with E-state index in [1.165, 1.54) is 17.5 Å². The van der Waals surface area contributed by atoms with E-state index in [0.717, 1.165) is 24.3 Å². The number of hydrogen-bond donors (Lipinski definition) is 3. The van der Waals surface area contributed by atoms with Crippen molar-refractivity contribution in [3.63, 3.8) is 0 Å². The highest BCUT2D eigenvalue weighted by molar-refractivity contribution is 5.55. The molecule has 5 nitrogen and oxygen atoms in total. The maximum Gasteiger partial charge on any atom is 0.148 e. The number of nitrogens with zero attached hydrogens (tertiary/aromatic N) is 2. The highest BCUT2D eigenvalue weighted by Crippen LogP contribution is 2.17. The van der Waals surface area contributed by atoms with Crippen molar-refractivity contribution in [1.29, 1.82) is 0 Å². The van der Waals surface area contributed by atoms with Gasteiger partial charge in [-0.05, 0) is 24.5 Å². The molecule has 2 rings (SSSR count). The first-order chi connectivity index (χ1) is 9.24. The fourth-order valence-corrected chi connectivity index (χ4v) is 1.85. The highest BCUT2D eigenvalue weighted by atomic mass is 15.3. The SMILES string of the molecule is CCc1ccc(CNc2ncnc(NN)c2C)cc1. The minimum atomic E-state index is 0.638. The molecule has 2 aromatic rings. The maximum absolute atomic E-state index is 5.39. The van der Waals surface area contributed by atoms with Gasteiger partial charge < -0.3 is 10.7 Å². The van der Waals surface area contributed by atoms with E-state index >= 15 is 0 Å². The van der Waals surface area contributed by atoms with Gasteiger partial charge in [-0.2, -0.15) is 0 Å². The fourth-order valence-electron chi connectivity index (χ4n) is 1.85. The average molecular weight is 257 g/mol. The Morgan fingerprint density at radius 1 is 1.05 bits per heavy atom. The molecule has 19 heavy (non-hydrogen) atoms. The van der Waals surface area contributed by atoms with Gasteiger partial charge in [0.1, 0.15) is 18.0 Å². The van der Waals surface area contributed by atoms with E-state index in [0.29, 0.717) is 5.82 Å². The van der Waals surface area contributed by atoms with Crippen molar-refractivity contribution in [2.75, 3.05) is 10.7 Å². The second kappa shape index (κ2) is 6.15. The van der Waals surface area contributed by atoms with Gasteiger partial charge in [0.15, 0.2) is 0 Å². The first-order valence-corrected chi connectivity index (χ1v) is 6.34. The number of hydrazine groups is 1. The number of aromatic nitrogens is 2. The third kappa shape index (κ3) is 3.20. The number of anilines is 2. The largest absolute Gasteiger partial charge is 0.366 e. The molecule has 1 aromatic heterocycles. The summed E-state index contributed by atoms with van der Waals surface area (Å²) in [7, 11) is 0. The fraction of sp³-hybridized carbons (Fsp3) is 0.286. The molecule has 5 heteroatoms. The summed E-state index contributed by atoms with van der Waals surface area (Å²) in [5, 5.41) is 3.29. The van der Waals surface area contributed by atoms with Crippen LogP contribution in [0.3, 0.4) is 0 Å². The molecule has 4 N–H and O–H groups in total. The van der Waals surface area contributed by atoms with Crippen molar-refractivity contribution in [3.8, 4) is 0 Å². The maximum atomic E-state index is 5.39. The van der Waals surface area contributed by atoms with Crippen LogP contribution in [0.25, 0.3) is 0 Å². The van der Waals surface area contributed by atoms with Crippen LogP contribution < -0.4 is 16.6 Å². The normalized spacial score (nSPS) is 10.3. The zero-order valence-corrected chi connectivity index (χ0v) is 11.3. The van der Waals surface area contributed by atoms with Crippen LogP contribution in [-0.2, 0) is 13.0 Å². The molecule has 0 radical (unpaired) electrons. The Morgan fingerprint density at radius 3 is 2.32 bits per heavy atom. The monoisotopic (exact) mass is 257 g/mol. The van der Waals surface area contributed by atoms with Gasteiger partial charge >= 0.3 is 0 Å². The third-order valence-corrected chi connectivity index (χ3v) is 3.11. The molecular formula is C14H19N5. The lowest BCUT2D eigenvalue weighted by Crippen LogP contribution is -2.12. The van der Waals surface area contributed by atoms with Crippen molar-refractivity contribution >= 4 is 11.6 Å². The molecule has 0 amide bonds. The number of benzene rings is 1. The predicted octanol–water partition coefficient (Wildman–Crippen LogP) is 2.25. The molecule has 0 bridgehead atoms. The number of rotatable bonds is 5. The molecule has 0 fully saturated rings. The van der Waals surface area contributed by atoms with Crippen LogP contribution >= 0.6 is 0 Å². The predicted molar refractivity (Wildman–Crippen MR) is 77.7 cm³/mol. The molecular weight excluding hydrogens is 238 g/mol. The summed E-state index contributed by atoms with van der Waals surface area (Å²) < 4.78 is 0. The lowest BCUT2D eigenvalue weighted by atomic mass is 10.1. The molecule has 0 aliphatic carbocycles. The summed E-state index contributed by atoms with van der Waals surface area (Å²) in [5.41, 5.74) is 6.03. The summed E-state index contributed by atoms with van der Waals surface area (Å²) in [4.78, 5) is 8.27. The van der Waals surface area contributed by atoms with Crippen molar-refractivity contribution in [1.82, 2.24) is 9.97 Å². The molecule has 0 aliphatic heterocycles. The van der Waals surface area contributed by atoms with Gasteiger partial charge in [-0.15, -0.1) is 0 Å². The third-order valence-electron chi connectivity index (χ3n) is 3.11. The standard InChI is InChI=1S/C14H19N5/c1-3-11-4-6-12(7-5-11)8-16-13-10(2)14(19-15)18-9-17-13/h4-7,9H,3,8,15H2,1-2H3,(H2,16,17,18,19). The molecule has 0 spiro atoms. The van der Waals surface area contributed by atoms with Crippen molar-refractivity contribution < 1.29 is 0 Å². The van der Waals surface area contributed by atoms with E-state index in [2.05, 4.69) is 51.9 Å². The van der Waals surface area contributed by atoms with Crippen LogP contribution in [0, 0.1) is 6.92 Å². The van der Waals surface area contributed by atoms with E-state index in [1.807, 2.05) is 6.92 Å². The quantitative estimate of drug-likeness (QED) is 0.566. The molecule has 0 saturated carbocycles. The van der Waals surface area contributed by atoms with E-state index in [1.54, 1.807) is 0 Å². The Labute approximate surface area is 113 Å². The minimum absolute atomic E-state index is 0.638. The van der Waals surface area contributed by atoms with E-state index < -0.39 is 0 Å². The molecule has 0 atom stereocenters. The Morgan fingerprint density at radius 2 is 1.68 bits per heavy atom.